The zero-order valence-corrected chi connectivity index (χ0v) is 9.45. The van der Waals surface area contributed by atoms with Crippen molar-refractivity contribution >= 4 is 5.95 Å². The number of alkyl halides is 2. The number of nitrogens with zero attached hydrogens (tertiary/aromatic N) is 3. The fraction of sp³-hybridized carbons (Fsp3) is 0.636. The highest BCUT2D eigenvalue weighted by Gasteiger charge is 2.41. The summed E-state index contributed by atoms with van der Waals surface area (Å²) in [4.78, 5) is 10.2. The van der Waals surface area contributed by atoms with Crippen molar-refractivity contribution in [1.29, 1.82) is 0 Å². The molecule has 0 spiro atoms. The van der Waals surface area contributed by atoms with Crippen LogP contribution in [0.4, 0.5) is 14.7 Å². The molecule has 16 heavy (non-hydrogen) atoms. The summed E-state index contributed by atoms with van der Waals surface area (Å²) in [6.45, 7) is 4.08. The summed E-state index contributed by atoms with van der Waals surface area (Å²) in [5.41, 5.74) is 0.856. The molecule has 0 saturated carbocycles. The van der Waals surface area contributed by atoms with Crippen LogP contribution in [0.5, 0.6) is 0 Å². The van der Waals surface area contributed by atoms with Crippen LogP contribution in [0.25, 0.3) is 0 Å². The van der Waals surface area contributed by atoms with Crippen molar-refractivity contribution in [3.63, 3.8) is 0 Å². The van der Waals surface area contributed by atoms with Crippen LogP contribution < -0.4 is 4.90 Å². The van der Waals surface area contributed by atoms with Crippen LogP contribution >= 0.6 is 0 Å². The summed E-state index contributed by atoms with van der Waals surface area (Å²) in [5, 5.41) is 0. The molecule has 1 atom stereocenters. The third-order valence-corrected chi connectivity index (χ3v) is 3.00. The lowest BCUT2D eigenvalue weighted by molar-refractivity contribution is -0.0653. The first-order valence-corrected chi connectivity index (χ1v) is 5.41. The molecule has 0 amide bonds. The number of halogens is 2. The van der Waals surface area contributed by atoms with Crippen LogP contribution in [0.2, 0.25) is 0 Å². The molecule has 1 unspecified atom stereocenters. The monoisotopic (exact) mass is 227 g/mol. The Morgan fingerprint density at radius 1 is 1.50 bits per heavy atom. The van der Waals surface area contributed by atoms with E-state index >= 15 is 0 Å². The molecule has 1 saturated heterocycles. The lowest BCUT2D eigenvalue weighted by Crippen LogP contribution is -2.46. The summed E-state index contributed by atoms with van der Waals surface area (Å²) in [6, 6.07) is 1.80. The van der Waals surface area contributed by atoms with Crippen LogP contribution in [0.3, 0.4) is 0 Å². The third kappa shape index (κ3) is 2.13. The van der Waals surface area contributed by atoms with Gasteiger partial charge in [0.25, 0.3) is 5.92 Å². The van der Waals surface area contributed by atoms with E-state index in [1.807, 2.05) is 11.8 Å². The largest absolute Gasteiger partial charge is 0.340 e. The predicted molar refractivity (Wildman–Crippen MR) is 57.7 cm³/mol. The van der Waals surface area contributed by atoms with Crippen LogP contribution in [0.1, 0.15) is 19.0 Å². The van der Waals surface area contributed by atoms with Crippen LogP contribution in [-0.2, 0) is 0 Å². The molecule has 0 aliphatic carbocycles. The highest BCUT2D eigenvalue weighted by Crippen LogP contribution is 2.33. The molecule has 0 radical (unpaired) electrons. The highest BCUT2D eigenvalue weighted by atomic mass is 19.3. The Balaban J connectivity index is 2.14. The molecule has 2 heterocycles. The Labute approximate surface area is 93.5 Å². The van der Waals surface area contributed by atoms with Crippen molar-refractivity contribution in [2.75, 3.05) is 18.0 Å². The Kier molecular flexibility index (Phi) is 2.78. The summed E-state index contributed by atoms with van der Waals surface area (Å²) in [7, 11) is 0. The van der Waals surface area contributed by atoms with Gasteiger partial charge in [-0.25, -0.2) is 18.7 Å². The molecule has 2 rings (SSSR count). The van der Waals surface area contributed by atoms with E-state index < -0.39 is 11.8 Å². The smallest absolute Gasteiger partial charge is 0.254 e. The van der Waals surface area contributed by atoms with E-state index in [4.69, 9.17) is 0 Å². The van der Waals surface area contributed by atoms with E-state index in [2.05, 4.69) is 9.97 Å². The predicted octanol–water partition coefficient (Wildman–Crippen LogP) is 2.27. The maximum absolute atomic E-state index is 13.3. The third-order valence-electron chi connectivity index (χ3n) is 3.00. The van der Waals surface area contributed by atoms with Gasteiger partial charge in [-0.1, -0.05) is 6.92 Å². The SMILES string of the molecule is Cc1ccnc(N2CCC(F)(F)C(C)C2)n1. The van der Waals surface area contributed by atoms with Gasteiger partial charge >= 0.3 is 0 Å². The molecule has 0 bridgehead atoms. The van der Waals surface area contributed by atoms with Gasteiger partial charge in [-0.3, -0.25) is 0 Å². The fourth-order valence-electron chi connectivity index (χ4n) is 1.86. The van der Waals surface area contributed by atoms with E-state index in [0.717, 1.165) is 5.69 Å². The van der Waals surface area contributed by atoms with Gasteiger partial charge < -0.3 is 4.90 Å². The molecule has 1 fully saturated rings. The van der Waals surface area contributed by atoms with Crippen molar-refractivity contribution < 1.29 is 8.78 Å². The molecule has 5 heteroatoms. The van der Waals surface area contributed by atoms with Crippen LogP contribution in [0.15, 0.2) is 12.3 Å². The zero-order valence-electron chi connectivity index (χ0n) is 9.45. The van der Waals surface area contributed by atoms with E-state index in [-0.39, 0.29) is 6.42 Å². The van der Waals surface area contributed by atoms with E-state index in [1.54, 1.807) is 19.2 Å². The standard InChI is InChI=1S/C11H15F2N3/c1-8-7-16(6-4-11(8,12)13)10-14-5-3-9(2)15-10/h3,5,8H,4,6-7H2,1-2H3. The molecule has 3 nitrogen and oxygen atoms in total. The first-order chi connectivity index (χ1) is 7.49. The normalized spacial score (nSPS) is 24.5. The summed E-state index contributed by atoms with van der Waals surface area (Å²) in [5.74, 6) is -2.65. The first kappa shape index (κ1) is 11.2. The fourth-order valence-corrected chi connectivity index (χ4v) is 1.86. The Morgan fingerprint density at radius 2 is 2.25 bits per heavy atom. The van der Waals surface area contributed by atoms with Crippen molar-refractivity contribution in [2.45, 2.75) is 26.2 Å². The zero-order chi connectivity index (χ0) is 11.8. The Hall–Kier alpha value is -1.26. The molecular weight excluding hydrogens is 212 g/mol. The van der Waals surface area contributed by atoms with Crippen molar-refractivity contribution in [3.05, 3.63) is 18.0 Å². The number of hydrogen-bond acceptors (Lipinski definition) is 3. The minimum Gasteiger partial charge on any atom is -0.340 e. The number of piperidine rings is 1. The van der Waals surface area contributed by atoms with Gasteiger partial charge in [0.15, 0.2) is 0 Å². The Bertz CT molecular complexity index is 381. The number of rotatable bonds is 1. The van der Waals surface area contributed by atoms with Crippen molar-refractivity contribution in [1.82, 2.24) is 9.97 Å². The summed E-state index contributed by atoms with van der Waals surface area (Å²) >= 11 is 0. The van der Waals surface area contributed by atoms with Gasteiger partial charge in [-0.2, -0.15) is 0 Å². The second-order valence-corrected chi connectivity index (χ2v) is 4.36. The second-order valence-electron chi connectivity index (χ2n) is 4.36. The maximum Gasteiger partial charge on any atom is 0.254 e. The van der Waals surface area contributed by atoms with Gasteiger partial charge in [0.1, 0.15) is 0 Å². The maximum atomic E-state index is 13.3. The average Bonchev–Trinajstić information content (AvgIpc) is 2.22. The molecule has 0 N–H and O–H groups in total. The molecular formula is C11H15F2N3. The van der Waals surface area contributed by atoms with Gasteiger partial charge in [0.05, 0.1) is 0 Å². The molecule has 1 aromatic rings. The topological polar surface area (TPSA) is 29.0 Å². The van der Waals surface area contributed by atoms with E-state index in [1.165, 1.54) is 0 Å². The lowest BCUT2D eigenvalue weighted by Gasteiger charge is -2.36. The molecule has 0 aromatic carbocycles. The second kappa shape index (κ2) is 3.96. The molecule has 88 valence electrons. The van der Waals surface area contributed by atoms with Gasteiger partial charge in [-0.05, 0) is 13.0 Å². The van der Waals surface area contributed by atoms with E-state index in [9.17, 15) is 8.78 Å². The average molecular weight is 227 g/mol. The van der Waals surface area contributed by atoms with Crippen molar-refractivity contribution in [2.24, 2.45) is 5.92 Å². The molecule has 1 aliphatic rings. The lowest BCUT2D eigenvalue weighted by atomic mass is 9.96. The van der Waals surface area contributed by atoms with Gasteiger partial charge in [-0.15, -0.1) is 0 Å². The quantitative estimate of drug-likeness (QED) is 0.737. The summed E-state index contributed by atoms with van der Waals surface area (Å²) in [6.07, 6.45) is 1.54. The number of aryl methyl sites for hydroxylation is 1. The highest BCUT2D eigenvalue weighted by molar-refractivity contribution is 5.31. The minimum atomic E-state index is -2.56. The molecule has 1 aromatic heterocycles. The Morgan fingerprint density at radius 3 is 2.88 bits per heavy atom. The van der Waals surface area contributed by atoms with Gasteiger partial charge in [0, 0.05) is 37.3 Å². The number of hydrogen-bond donors (Lipinski definition) is 0. The van der Waals surface area contributed by atoms with Crippen LogP contribution in [-0.4, -0.2) is 29.0 Å². The number of anilines is 1. The molecule has 1 aliphatic heterocycles. The van der Waals surface area contributed by atoms with E-state index in [0.29, 0.717) is 19.0 Å². The first-order valence-electron chi connectivity index (χ1n) is 5.41. The van der Waals surface area contributed by atoms with Gasteiger partial charge in [0.2, 0.25) is 5.95 Å². The minimum absolute atomic E-state index is 0.120. The summed E-state index contributed by atoms with van der Waals surface area (Å²) < 4.78 is 26.6. The number of aromatic nitrogens is 2. The van der Waals surface area contributed by atoms with Crippen LogP contribution in [0, 0.1) is 12.8 Å². The van der Waals surface area contributed by atoms with Crippen molar-refractivity contribution in [3.8, 4) is 0 Å².